The molecule has 25 heavy (non-hydrogen) atoms. The van der Waals surface area contributed by atoms with Gasteiger partial charge in [0.05, 0.1) is 12.8 Å². The molecule has 4 heteroatoms. The molecule has 0 saturated heterocycles. The molecule has 1 aliphatic heterocycles. The smallest absolute Gasteiger partial charge is 0.142 e. The topological polar surface area (TPSA) is 38.2 Å². The summed E-state index contributed by atoms with van der Waals surface area (Å²) in [5, 5.41) is 0. The number of para-hydroxylation sites is 2. The van der Waals surface area contributed by atoms with Crippen molar-refractivity contribution in [2.75, 3.05) is 12.0 Å². The van der Waals surface area contributed by atoms with E-state index in [0.717, 1.165) is 42.3 Å². The number of hydrogen-bond acceptors (Lipinski definition) is 4. The van der Waals surface area contributed by atoms with Crippen molar-refractivity contribution in [3.05, 3.63) is 71.5 Å². The van der Waals surface area contributed by atoms with Gasteiger partial charge in [-0.15, -0.1) is 0 Å². The van der Waals surface area contributed by atoms with Gasteiger partial charge in [-0.2, -0.15) is 0 Å². The first kappa shape index (κ1) is 15.6. The third-order valence-corrected chi connectivity index (χ3v) is 4.59. The normalized spacial score (nSPS) is 13.4. The number of methoxy groups -OCH3 is 1. The quantitative estimate of drug-likeness (QED) is 0.679. The molecule has 3 aromatic rings. The molecule has 0 bridgehead atoms. The van der Waals surface area contributed by atoms with Gasteiger partial charge in [-0.05, 0) is 61.1 Å². The maximum Gasteiger partial charge on any atom is 0.142 e. The van der Waals surface area contributed by atoms with E-state index in [4.69, 9.17) is 14.7 Å². The van der Waals surface area contributed by atoms with Gasteiger partial charge in [0, 0.05) is 12.4 Å². The van der Waals surface area contributed by atoms with Crippen LogP contribution in [0.25, 0.3) is 0 Å². The zero-order valence-corrected chi connectivity index (χ0v) is 14.6. The summed E-state index contributed by atoms with van der Waals surface area (Å²) >= 11 is 0. The maximum absolute atomic E-state index is 5.63. The Hall–Kier alpha value is -2.88. The van der Waals surface area contributed by atoms with E-state index < -0.39 is 0 Å². The van der Waals surface area contributed by atoms with Crippen molar-refractivity contribution in [1.82, 2.24) is 9.97 Å². The van der Waals surface area contributed by atoms with Crippen LogP contribution in [0.15, 0.2) is 54.9 Å². The Balaban J connectivity index is 2.00. The van der Waals surface area contributed by atoms with E-state index in [1.54, 1.807) is 7.11 Å². The number of aryl methyl sites for hydroxylation is 3. The molecule has 0 N–H and O–H groups in total. The Labute approximate surface area is 148 Å². The summed E-state index contributed by atoms with van der Waals surface area (Å²) in [5.41, 5.74) is 4.63. The van der Waals surface area contributed by atoms with Crippen molar-refractivity contribution in [2.24, 2.45) is 0 Å². The lowest BCUT2D eigenvalue weighted by molar-refractivity contribution is 0.416. The molecule has 4 nitrogen and oxygen atoms in total. The van der Waals surface area contributed by atoms with Crippen LogP contribution in [0.4, 0.5) is 17.3 Å². The molecule has 0 atom stereocenters. The van der Waals surface area contributed by atoms with E-state index >= 15 is 0 Å². The Kier molecular flexibility index (Phi) is 4.10. The Bertz CT molecular complexity index is 896. The minimum absolute atomic E-state index is 0.813. The molecule has 0 fully saturated rings. The van der Waals surface area contributed by atoms with Gasteiger partial charge in [0.25, 0.3) is 0 Å². The average molecular weight is 331 g/mol. The summed E-state index contributed by atoms with van der Waals surface area (Å²) in [7, 11) is 1.70. The standard InChI is InChI=1S/C21H21N3O/c1-15-13-17-8-5-7-16-9-6-12-22-20(16)24(21(17)23-14-15)18-10-3-4-11-19(18)25-2/h3-4,6,9-14H,5,7-8H2,1-2H3. The van der Waals surface area contributed by atoms with Gasteiger partial charge in [0.1, 0.15) is 17.4 Å². The van der Waals surface area contributed by atoms with Gasteiger partial charge in [0.2, 0.25) is 0 Å². The Morgan fingerprint density at radius 1 is 0.960 bits per heavy atom. The van der Waals surface area contributed by atoms with E-state index in [0.29, 0.717) is 0 Å². The van der Waals surface area contributed by atoms with Crippen LogP contribution < -0.4 is 9.64 Å². The van der Waals surface area contributed by atoms with Crippen LogP contribution in [0.5, 0.6) is 5.75 Å². The van der Waals surface area contributed by atoms with Crippen molar-refractivity contribution in [3.8, 4) is 5.75 Å². The highest BCUT2D eigenvalue weighted by atomic mass is 16.5. The molecule has 3 heterocycles. The van der Waals surface area contributed by atoms with Crippen molar-refractivity contribution >= 4 is 17.3 Å². The molecule has 0 aliphatic carbocycles. The number of pyridine rings is 2. The number of anilines is 3. The van der Waals surface area contributed by atoms with Crippen molar-refractivity contribution in [1.29, 1.82) is 0 Å². The van der Waals surface area contributed by atoms with Gasteiger partial charge in [0.15, 0.2) is 0 Å². The number of ether oxygens (including phenoxy) is 1. The number of hydrogen-bond donors (Lipinski definition) is 0. The molecular weight excluding hydrogens is 310 g/mol. The lowest BCUT2D eigenvalue weighted by Crippen LogP contribution is -2.19. The SMILES string of the molecule is COc1ccccc1N1c2ncccc2CCCc2cc(C)cnc21. The second kappa shape index (κ2) is 6.55. The van der Waals surface area contributed by atoms with Crippen LogP contribution in [-0.4, -0.2) is 17.1 Å². The minimum atomic E-state index is 0.813. The molecule has 2 aromatic heterocycles. The first-order chi connectivity index (χ1) is 12.3. The molecule has 1 aliphatic rings. The van der Waals surface area contributed by atoms with Crippen LogP contribution in [0, 0.1) is 6.92 Å². The van der Waals surface area contributed by atoms with Crippen molar-refractivity contribution < 1.29 is 4.74 Å². The van der Waals surface area contributed by atoms with E-state index in [1.807, 2.05) is 36.7 Å². The zero-order chi connectivity index (χ0) is 17.2. The Morgan fingerprint density at radius 3 is 2.64 bits per heavy atom. The lowest BCUT2D eigenvalue weighted by Gasteiger charge is -2.30. The average Bonchev–Trinajstić information content (AvgIpc) is 2.63. The highest BCUT2D eigenvalue weighted by Crippen LogP contribution is 2.42. The van der Waals surface area contributed by atoms with Crippen molar-refractivity contribution in [2.45, 2.75) is 26.2 Å². The summed E-state index contributed by atoms with van der Waals surface area (Å²) in [6.45, 7) is 2.09. The molecule has 0 unspecified atom stereocenters. The fourth-order valence-electron chi connectivity index (χ4n) is 3.45. The summed E-state index contributed by atoms with van der Waals surface area (Å²) in [6, 6.07) is 14.4. The van der Waals surface area contributed by atoms with Gasteiger partial charge < -0.3 is 4.74 Å². The highest BCUT2D eigenvalue weighted by molar-refractivity contribution is 5.79. The monoisotopic (exact) mass is 331 g/mol. The van der Waals surface area contributed by atoms with E-state index in [2.05, 4.69) is 30.0 Å². The molecule has 0 radical (unpaired) electrons. The molecule has 1 aromatic carbocycles. The number of nitrogens with zero attached hydrogens (tertiary/aromatic N) is 3. The molecule has 126 valence electrons. The summed E-state index contributed by atoms with van der Waals surface area (Å²) < 4.78 is 5.63. The second-order valence-corrected chi connectivity index (χ2v) is 6.34. The minimum Gasteiger partial charge on any atom is -0.495 e. The Morgan fingerprint density at radius 2 is 1.76 bits per heavy atom. The molecular formula is C21H21N3O. The first-order valence-corrected chi connectivity index (χ1v) is 8.60. The van der Waals surface area contributed by atoms with E-state index in [9.17, 15) is 0 Å². The van der Waals surface area contributed by atoms with Gasteiger partial charge >= 0.3 is 0 Å². The molecule has 0 saturated carbocycles. The van der Waals surface area contributed by atoms with Crippen molar-refractivity contribution in [3.63, 3.8) is 0 Å². The van der Waals surface area contributed by atoms with Crippen LogP contribution in [0.2, 0.25) is 0 Å². The van der Waals surface area contributed by atoms with Crippen LogP contribution in [-0.2, 0) is 12.8 Å². The van der Waals surface area contributed by atoms with Crippen LogP contribution in [0.1, 0.15) is 23.1 Å². The van der Waals surface area contributed by atoms with Gasteiger partial charge in [-0.3, -0.25) is 4.90 Å². The number of rotatable bonds is 2. The predicted molar refractivity (Wildman–Crippen MR) is 100 cm³/mol. The second-order valence-electron chi connectivity index (χ2n) is 6.34. The zero-order valence-electron chi connectivity index (χ0n) is 14.6. The number of aromatic nitrogens is 2. The van der Waals surface area contributed by atoms with Crippen LogP contribution >= 0.6 is 0 Å². The lowest BCUT2D eigenvalue weighted by atomic mass is 10.00. The van der Waals surface area contributed by atoms with E-state index in [1.165, 1.54) is 16.7 Å². The fraction of sp³-hybridized carbons (Fsp3) is 0.238. The molecule has 0 spiro atoms. The highest BCUT2D eigenvalue weighted by Gasteiger charge is 2.25. The third-order valence-electron chi connectivity index (χ3n) is 4.59. The summed E-state index contributed by atoms with van der Waals surface area (Å²) in [5.74, 6) is 2.69. The largest absolute Gasteiger partial charge is 0.495 e. The summed E-state index contributed by atoms with van der Waals surface area (Å²) in [6.07, 6.45) is 6.87. The number of benzene rings is 1. The third kappa shape index (κ3) is 2.84. The number of fused-ring (bicyclic) bond motifs is 2. The fourth-order valence-corrected chi connectivity index (χ4v) is 3.45. The first-order valence-electron chi connectivity index (χ1n) is 8.60. The maximum atomic E-state index is 5.63. The predicted octanol–water partition coefficient (Wildman–Crippen LogP) is 4.75. The van der Waals surface area contributed by atoms with Gasteiger partial charge in [-0.1, -0.05) is 24.3 Å². The summed E-state index contributed by atoms with van der Waals surface area (Å²) in [4.78, 5) is 11.6. The van der Waals surface area contributed by atoms with Gasteiger partial charge in [-0.25, -0.2) is 9.97 Å². The molecule has 0 amide bonds. The molecule has 4 rings (SSSR count). The van der Waals surface area contributed by atoms with Crippen LogP contribution in [0.3, 0.4) is 0 Å². The van der Waals surface area contributed by atoms with E-state index in [-0.39, 0.29) is 0 Å².